The summed E-state index contributed by atoms with van der Waals surface area (Å²) in [5, 5.41) is 6.46. The van der Waals surface area contributed by atoms with Crippen LogP contribution in [0, 0.1) is 6.92 Å². The number of nitrogens with one attached hydrogen (secondary N) is 2. The molecule has 29 heavy (non-hydrogen) atoms. The van der Waals surface area contributed by atoms with Gasteiger partial charge >= 0.3 is 0 Å². The van der Waals surface area contributed by atoms with E-state index in [0.29, 0.717) is 11.4 Å². The van der Waals surface area contributed by atoms with Crippen molar-refractivity contribution in [3.63, 3.8) is 0 Å². The largest absolute Gasteiger partial charge is 0.495 e. The summed E-state index contributed by atoms with van der Waals surface area (Å²) in [6.07, 6.45) is 1.93. The van der Waals surface area contributed by atoms with E-state index < -0.39 is 6.04 Å². The summed E-state index contributed by atoms with van der Waals surface area (Å²) in [7, 11) is 1.61. The van der Waals surface area contributed by atoms with Crippen LogP contribution in [-0.4, -0.2) is 19.6 Å². The minimum absolute atomic E-state index is 0.0974. The summed E-state index contributed by atoms with van der Waals surface area (Å²) in [5.74, 6) is 0.555. The number of carbonyl (C=O) groups excluding carboxylic acids is 1. The van der Waals surface area contributed by atoms with E-state index in [1.165, 1.54) is 5.56 Å². The molecule has 0 heterocycles. The van der Waals surface area contributed by atoms with Crippen LogP contribution in [0.25, 0.3) is 0 Å². The van der Waals surface area contributed by atoms with Gasteiger partial charge in [0.15, 0.2) is 0 Å². The molecule has 0 spiro atoms. The second-order valence-corrected chi connectivity index (χ2v) is 7.08. The molecule has 1 atom stereocenters. The molecule has 0 saturated carbocycles. The second kappa shape index (κ2) is 10.4. The van der Waals surface area contributed by atoms with Crippen molar-refractivity contribution in [1.82, 2.24) is 5.32 Å². The Kier molecular flexibility index (Phi) is 7.42. The van der Waals surface area contributed by atoms with E-state index in [2.05, 4.69) is 34.9 Å². The molecule has 0 unspecified atom stereocenters. The molecule has 4 nitrogen and oxygen atoms in total. The summed E-state index contributed by atoms with van der Waals surface area (Å²) in [6, 6.07) is 25.5. The van der Waals surface area contributed by atoms with Crippen molar-refractivity contribution >= 4 is 11.6 Å². The number of ether oxygens (including phenoxy) is 1. The second-order valence-electron chi connectivity index (χ2n) is 7.08. The molecule has 0 aliphatic carbocycles. The molecule has 1 amide bonds. The number of aryl methyl sites for hydroxylation is 2. The van der Waals surface area contributed by atoms with Crippen molar-refractivity contribution in [2.24, 2.45) is 0 Å². The van der Waals surface area contributed by atoms with Gasteiger partial charge in [-0.25, -0.2) is 0 Å². The van der Waals surface area contributed by atoms with Gasteiger partial charge in [-0.2, -0.15) is 0 Å². The molecule has 3 rings (SSSR count). The minimum atomic E-state index is -0.433. The van der Waals surface area contributed by atoms with Crippen molar-refractivity contribution in [3.8, 4) is 5.75 Å². The number of carbonyl (C=O) groups is 1. The van der Waals surface area contributed by atoms with Crippen LogP contribution in [0.2, 0.25) is 0 Å². The summed E-state index contributed by atoms with van der Waals surface area (Å²) in [5.41, 5.74) is 3.99. The molecule has 0 aliphatic rings. The van der Waals surface area contributed by atoms with Crippen molar-refractivity contribution in [2.45, 2.75) is 25.8 Å². The molecule has 4 heteroatoms. The first kappa shape index (κ1) is 20.6. The maximum atomic E-state index is 13.1. The molecule has 0 saturated heterocycles. The number of hydrogen-bond acceptors (Lipinski definition) is 3. The van der Waals surface area contributed by atoms with E-state index in [-0.39, 0.29) is 5.91 Å². The molecular weight excluding hydrogens is 360 g/mol. The fourth-order valence-corrected chi connectivity index (χ4v) is 3.32. The smallest absolute Gasteiger partial charge is 0.246 e. The molecular formula is C25H28N2O2. The average molecular weight is 389 g/mol. The molecule has 0 aromatic heterocycles. The van der Waals surface area contributed by atoms with Crippen LogP contribution in [0.1, 0.15) is 29.2 Å². The Labute approximate surface area is 172 Å². The maximum Gasteiger partial charge on any atom is 0.246 e. The Morgan fingerprint density at radius 3 is 2.34 bits per heavy atom. The lowest BCUT2D eigenvalue weighted by atomic mass is 10.0. The van der Waals surface area contributed by atoms with Crippen LogP contribution in [0.5, 0.6) is 5.75 Å². The zero-order chi connectivity index (χ0) is 20.5. The number of benzene rings is 3. The van der Waals surface area contributed by atoms with E-state index in [1.54, 1.807) is 7.11 Å². The summed E-state index contributed by atoms with van der Waals surface area (Å²) in [4.78, 5) is 13.1. The van der Waals surface area contributed by atoms with Gasteiger partial charge in [0.2, 0.25) is 5.91 Å². The predicted octanol–water partition coefficient (Wildman–Crippen LogP) is 4.91. The number of hydrogen-bond donors (Lipinski definition) is 2. The summed E-state index contributed by atoms with van der Waals surface area (Å²) in [6.45, 7) is 2.73. The van der Waals surface area contributed by atoms with E-state index >= 15 is 0 Å². The number of amides is 1. The SMILES string of the molecule is COc1ccc(C)cc1NC(=O)[C@H](NCCCc1ccccc1)c1ccccc1. The summed E-state index contributed by atoms with van der Waals surface area (Å²) >= 11 is 0. The van der Waals surface area contributed by atoms with Gasteiger partial charge in [-0.1, -0.05) is 66.7 Å². The zero-order valence-electron chi connectivity index (χ0n) is 17.0. The van der Waals surface area contributed by atoms with Crippen LogP contribution >= 0.6 is 0 Å². The predicted molar refractivity (Wildman–Crippen MR) is 118 cm³/mol. The zero-order valence-corrected chi connectivity index (χ0v) is 17.0. The van der Waals surface area contributed by atoms with E-state index in [0.717, 1.165) is 30.5 Å². The van der Waals surface area contributed by atoms with Gasteiger partial charge in [0.25, 0.3) is 0 Å². The fraction of sp³-hybridized carbons (Fsp3) is 0.240. The number of rotatable bonds is 9. The van der Waals surface area contributed by atoms with Gasteiger partial charge in [0, 0.05) is 0 Å². The highest BCUT2D eigenvalue weighted by Crippen LogP contribution is 2.26. The van der Waals surface area contributed by atoms with Gasteiger partial charge in [-0.3, -0.25) is 4.79 Å². The standard InChI is InChI=1S/C25H28N2O2/c1-19-15-16-23(29-2)22(18-19)27-25(28)24(21-13-7-4-8-14-21)26-17-9-12-20-10-5-3-6-11-20/h3-8,10-11,13-16,18,24,26H,9,12,17H2,1-2H3,(H,27,28)/t24-/m1/s1. The van der Waals surface area contributed by atoms with Crippen LogP contribution in [0.15, 0.2) is 78.9 Å². The van der Waals surface area contributed by atoms with Crippen molar-refractivity contribution in [3.05, 3.63) is 95.6 Å². The lowest BCUT2D eigenvalue weighted by Gasteiger charge is -2.20. The van der Waals surface area contributed by atoms with Gasteiger partial charge in [-0.05, 0) is 55.1 Å². The monoisotopic (exact) mass is 388 g/mol. The first-order chi connectivity index (χ1) is 14.2. The number of anilines is 1. The fourth-order valence-electron chi connectivity index (χ4n) is 3.32. The van der Waals surface area contributed by atoms with Crippen LogP contribution < -0.4 is 15.4 Å². The van der Waals surface area contributed by atoms with Crippen molar-refractivity contribution < 1.29 is 9.53 Å². The molecule has 3 aromatic rings. The Balaban J connectivity index is 1.68. The van der Waals surface area contributed by atoms with Crippen molar-refractivity contribution in [1.29, 1.82) is 0 Å². The third-order valence-corrected chi connectivity index (χ3v) is 4.84. The average Bonchev–Trinajstić information content (AvgIpc) is 2.75. The van der Waals surface area contributed by atoms with Crippen molar-refractivity contribution in [2.75, 3.05) is 19.0 Å². The van der Waals surface area contributed by atoms with Gasteiger partial charge in [-0.15, -0.1) is 0 Å². The molecule has 150 valence electrons. The third-order valence-electron chi connectivity index (χ3n) is 4.84. The molecule has 0 fully saturated rings. The lowest BCUT2D eigenvalue weighted by molar-refractivity contribution is -0.118. The Morgan fingerprint density at radius 1 is 0.966 bits per heavy atom. The molecule has 0 bridgehead atoms. The first-order valence-electron chi connectivity index (χ1n) is 9.95. The molecule has 2 N–H and O–H groups in total. The Morgan fingerprint density at radius 2 is 1.66 bits per heavy atom. The molecule has 3 aromatic carbocycles. The highest BCUT2D eigenvalue weighted by atomic mass is 16.5. The quantitative estimate of drug-likeness (QED) is 0.512. The molecule has 0 aliphatic heterocycles. The Bertz CT molecular complexity index is 911. The van der Waals surface area contributed by atoms with Gasteiger partial charge in [0.05, 0.1) is 12.8 Å². The highest BCUT2D eigenvalue weighted by molar-refractivity contribution is 5.96. The van der Waals surface area contributed by atoms with E-state index in [4.69, 9.17) is 4.74 Å². The normalized spacial score (nSPS) is 11.7. The van der Waals surface area contributed by atoms with Crippen LogP contribution in [0.3, 0.4) is 0 Å². The molecule has 0 radical (unpaired) electrons. The van der Waals surface area contributed by atoms with Crippen LogP contribution in [-0.2, 0) is 11.2 Å². The first-order valence-corrected chi connectivity index (χ1v) is 9.95. The Hall–Kier alpha value is -3.11. The summed E-state index contributed by atoms with van der Waals surface area (Å²) < 4.78 is 5.40. The van der Waals surface area contributed by atoms with Gasteiger partial charge in [0.1, 0.15) is 11.8 Å². The van der Waals surface area contributed by atoms with Gasteiger partial charge < -0.3 is 15.4 Å². The maximum absolute atomic E-state index is 13.1. The minimum Gasteiger partial charge on any atom is -0.495 e. The van der Waals surface area contributed by atoms with Crippen LogP contribution in [0.4, 0.5) is 5.69 Å². The number of methoxy groups -OCH3 is 1. The lowest BCUT2D eigenvalue weighted by Crippen LogP contribution is -2.34. The topological polar surface area (TPSA) is 50.4 Å². The third kappa shape index (κ3) is 5.93. The van der Waals surface area contributed by atoms with E-state index in [1.807, 2.05) is 61.5 Å². The van der Waals surface area contributed by atoms with E-state index in [9.17, 15) is 4.79 Å². The highest BCUT2D eigenvalue weighted by Gasteiger charge is 2.21.